The summed E-state index contributed by atoms with van der Waals surface area (Å²) in [5, 5.41) is 2.87. The van der Waals surface area contributed by atoms with Crippen LogP contribution in [0.2, 0.25) is 0 Å². The maximum Gasteiger partial charge on any atom is 0.244 e. The van der Waals surface area contributed by atoms with E-state index in [0.717, 1.165) is 12.0 Å². The van der Waals surface area contributed by atoms with E-state index in [4.69, 9.17) is 0 Å². The highest BCUT2D eigenvalue weighted by molar-refractivity contribution is 5.91. The van der Waals surface area contributed by atoms with E-state index in [0.29, 0.717) is 0 Å². The number of carbonyl (C=O) groups excluding carboxylic acids is 1. The molecule has 1 aromatic rings. The van der Waals surface area contributed by atoms with Crippen LogP contribution in [0.15, 0.2) is 36.4 Å². The monoisotopic (exact) mass is 203 g/mol. The van der Waals surface area contributed by atoms with E-state index in [-0.39, 0.29) is 11.9 Å². The number of rotatable bonds is 4. The van der Waals surface area contributed by atoms with Gasteiger partial charge in [0, 0.05) is 12.1 Å². The molecule has 1 atom stereocenters. The van der Waals surface area contributed by atoms with Gasteiger partial charge in [-0.05, 0) is 25.0 Å². The Balaban J connectivity index is 2.48. The Morgan fingerprint density at radius 2 is 2.07 bits per heavy atom. The van der Waals surface area contributed by atoms with Crippen LogP contribution in [0, 0.1) is 0 Å². The number of hydrogen-bond acceptors (Lipinski definition) is 1. The van der Waals surface area contributed by atoms with Gasteiger partial charge in [-0.25, -0.2) is 0 Å². The van der Waals surface area contributed by atoms with Gasteiger partial charge in [-0.15, -0.1) is 0 Å². The second-order valence-corrected chi connectivity index (χ2v) is 3.56. The first-order chi connectivity index (χ1) is 7.22. The van der Waals surface area contributed by atoms with Crippen LogP contribution in [-0.4, -0.2) is 11.9 Å². The Kier molecular flexibility index (Phi) is 4.61. The fourth-order valence-corrected chi connectivity index (χ4v) is 1.13. The molecule has 2 heteroatoms. The SMILES string of the molecule is CCC(C)NC(=O)/C=C\c1ccccc1. The summed E-state index contributed by atoms with van der Waals surface area (Å²) < 4.78 is 0. The molecule has 15 heavy (non-hydrogen) atoms. The highest BCUT2D eigenvalue weighted by atomic mass is 16.1. The quantitative estimate of drug-likeness (QED) is 0.749. The van der Waals surface area contributed by atoms with Crippen LogP contribution >= 0.6 is 0 Å². The number of benzene rings is 1. The predicted octanol–water partition coefficient (Wildman–Crippen LogP) is 2.61. The Morgan fingerprint density at radius 1 is 1.40 bits per heavy atom. The van der Waals surface area contributed by atoms with Gasteiger partial charge in [0.05, 0.1) is 0 Å². The van der Waals surface area contributed by atoms with E-state index in [1.165, 1.54) is 0 Å². The second-order valence-electron chi connectivity index (χ2n) is 3.56. The molecule has 1 aromatic carbocycles. The third-order valence-corrected chi connectivity index (χ3v) is 2.23. The molecule has 2 nitrogen and oxygen atoms in total. The highest BCUT2D eigenvalue weighted by Gasteiger charge is 2.00. The Hall–Kier alpha value is -1.57. The molecule has 0 fully saturated rings. The zero-order chi connectivity index (χ0) is 11.1. The number of carbonyl (C=O) groups is 1. The molecule has 80 valence electrons. The fourth-order valence-electron chi connectivity index (χ4n) is 1.13. The van der Waals surface area contributed by atoms with Crippen molar-refractivity contribution in [3.05, 3.63) is 42.0 Å². The number of hydrogen-bond donors (Lipinski definition) is 1. The largest absolute Gasteiger partial charge is 0.350 e. The minimum absolute atomic E-state index is 0.0341. The lowest BCUT2D eigenvalue weighted by molar-refractivity contribution is -0.117. The Bertz CT molecular complexity index is 330. The van der Waals surface area contributed by atoms with Crippen LogP contribution in [0.3, 0.4) is 0 Å². The lowest BCUT2D eigenvalue weighted by atomic mass is 10.2. The number of amides is 1. The van der Waals surface area contributed by atoms with Crippen LogP contribution in [-0.2, 0) is 4.79 Å². The third kappa shape index (κ3) is 4.45. The lowest BCUT2D eigenvalue weighted by Crippen LogP contribution is -2.30. The van der Waals surface area contributed by atoms with Gasteiger partial charge >= 0.3 is 0 Å². The second kappa shape index (κ2) is 6.02. The minimum Gasteiger partial charge on any atom is -0.350 e. The molecule has 0 radical (unpaired) electrons. The molecule has 1 amide bonds. The van der Waals surface area contributed by atoms with Crippen molar-refractivity contribution in [2.24, 2.45) is 0 Å². The van der Waals surface area contributed by atoms with Crippen molar-refractivity contribution >= 4 is 12.0 Å². The smallest absolute Gasteiger partial charge is 0.244 e. The molecule has 0 saturated heterocycles. The Morgan fingerprint density at radius 3 is 2.67 bits per heavy atom. The van der Waals surface area contributed by atoms with Crippen molar-refractivity contribution in [3.8, 4) is 0 Å². The Labute approximate surface area is 91.0 Å². The van der Waals surface area contributed by atoms with Crippen LogP contribution in [0.4, 0.5) is 0 Å². The standard InChI is InChI=1S/C13H17NO/c1-3-11(2)14-13(15)10-9-12-7-5-4-6-8-12/h4-11H,3H2,1-2H3,(H,14,15)/b10-9-. The van der Waals surface area contributed by atoms with Crippen molar-refractivity contribution in [1.29, 1.82) is 0 Å². The van der Waals surface area contributed by atoms with Gasteiger partial charge in [0.25, 0.3) is 0 Å². The first-order valence-electron chi connectivity index (χ1n) is 5.26. The topological polar surface area (TPSA) is 29.1 Å². The van der Waals surface area contributed by atoms with Crippen molar-refractivity contribution in [1.82, 2.24) is 5.32 Å². The van der Waals surface area contributed by atoms with E-state index in [2.05, 4.69) is 5.32 Å². The van der Waals surface area contributed by atoms with Gasteiger partial charge in [-0.3, -0.25) is 4.79 Å². The summed E-state index contributed by atoms with van der Waals surface area (Å²) in [7, 11) is 0. The normalized spacial score (nSPS) is 12.7. The van der Waals surface area contributed by atoms with Crippen molar-refractivity contribution in [3.63, 3.8) is 0 Å². The molecule has 1 unspecified atom stereocenters. The van der Waals surface area contributed by atoms with Crippen molar-refractivity contribution in [2.75, 3.05) is 0 Å². The summed E-state index contributed by atoms with van der Waals surface area (Å²) in [6, 6.07) is 10.0. The van der Waals surface area contributed by atoms with Gasteiger partial charge < -0.3 is 5.32 Å². The average Bonchev–Trinajstić information content (AvgIpc) is 2.27. The van der Waals surface area contributed by atoms with E-state index in [1.54, 1.807) is 6.08 Å². The van der Waals surface area contributed by atoms with Gasteiger partial charge in [-0.2, -0.15) is 0 Å². The van der Waals surface area contributed by atoms with E-state index < -0.39 is 0 Å². The summed E-state index contributed by atoms with van der Waals surface area (Å²) in [4.78, 5) is 11.4. The van der Waals surface area contributed by atoms with Crippen LogP contribution in [0.1, 0.15) is 25.8 Å². The molecule has 0 heterocycles. The minimum atomic E-state index is -0.0341. The summed E-state index contributed by atoms with van der Waals surface area (Å²) >= 11 is 0. The molecule has 0 spiro atoms. The van der Waals surface area contributed by atoms with E-state index >= 15 is 0 Å². The molecule has 0 aromatic heterocycles. The van der Waals surface area contributed by atoms with Gasteiger partial charge in [-0.1, -0.05) is 37.3 Å². The van der Waals surface area contributed by atoms with Gasteiger partial charge in [0.2, 0.25) is 5.91 Å². The average molecular weight is 203 g/mol. The van der Waals surface area contributed by atoms with E-state index in [1.807, 2.05) is 50.3 Å². The van der Waals surface area contributed by atoms with Gasteiger partial charge in [0.1, 0.15) is 0 Å². The molecule has 0 aliphatic carbocycles. The maximum absolute atomic E-state index is 11.4. The molecule has 0 aliphatic heterocycles. The molecule has 1 rings (SSSR count). The molecule has 0 saturated carbocycles. The van der Waals surface area contributed by atoms with Gasteiger partial charge in [0.15, 0.2) is 0 Å². The molecule has 1 N–H and O–H groups in total. The zero-order valence-electron chi connectivity index (χ0n) is 9.23. The summed E-state index contributed by atoms with van der Waals surface area (Å²) in [6.07, 6.45) is 4.34. The van der Waals surface area contributed by atoms with E-state index in [9.17, 15) is 4.79 Å². The summed E-state index contributed by atoms with van der Waals surface area (Å²) in [6.45, 7) is 4.04. The first-order valence-corrected chi connectivity index (χ1v) is 5.26. The van der Waals surface area contributed by atoms with Crippen LogP contribution < -0.4 is 5.32 Å². The molecule has 0 bridgehead atoms. The molecular formula is C13H17NO. The molecule has 0 aliphatic rings. The zero-order valence-corrected chi connectivity index (χ0v) is 9.23. The molecular weight excluding hydrogens is 186 g/mol. The number of nitrogens with one attached hydrogen (secondary N) is 1. The highest BCUT2D eigenvalue weighted by Crippen LogP contribution is 2.00. The first kappa shape index (κ1) is 11.5. The maximum atomic E-state index is 11.4. The van der Waals surface area contributed by atoms with Crippen LogP contribution in [0.5, 0.6) is 0 Å². The summed E-state index contributed by atoms with van der Waals surface area (Å²) in [5.41, 5.74) is 1.04. The van der Waals surface area contributed by atoms with Crippen molar-refractivity contribution in [2.45, 2.75) is 26.3 Å². The summed E-state index contributed by atoms with van der Waals surface area (Å²) in [5.74, 6) is -0.0341. The fraction of sp³-hybridized carbons (Fsp3) is 0.308. The third-order valence-electron chi connectivity index (χ3n) is 2.23. The van der Waals surface area contributed by atoms with Crippen molar-refractivity contribution < 1.29 is 4.79 Å². The lowest BCUT2D eigenvalue weighted by Gasteiger charge is -2.08. The van der Waals surface area contributed by atoms with Crippen LogP contribution in [0.25, 0.3) is 6.08 Å². The predicted molar refractivity (Wildman–Crippen MR) is 63.4 cm³/mol.